The van der Waals surface area contributed by atoms with Crippen molar-refractivity contribution in [3.63, 3.8) is 0 Å². The molecule has 0 bridgehead atoms. The molecular weight excluding hydrogens is 637 g/mol. The van der Waals surface area contributed by atoms with E-state index >= 15 is 0 Å². The molecule has 0 aliphatic rings. The van der Waals surface area contributed by atoms with Gasteiger partial charge in [0.15, 0.2) is 23.1 Å². The summed E-state index contributed by atoms with van der Waals surface area (Å²) in [5.41, 5.74) is 7.78. The predicted molar refractivity (Wildman–Crippen MR) is 213 cm³/mol. The summed E-state index contributed by atoms with van der Waals surface area (Å²) in [6, 6.07) is 59.0. The quantitative estimate of drug-likeness (QED) is 0.188. The molecule has 0 unspecified atom stereocenters. The summed E-state index contributed by atoms with van der Waals surface area (Å²) in [6.07, 6.45) is 0. The zero-order chi connectivity index (χ0) is 34.2. The van der Waals surface area contributed by atoms with Gasteiger partial charge in [-0.25, -0.2) is 15.0 Å². The monoisotopic (exact) mass is 664 g/mol. The molecule has 3 aromatic heterocycles. The van der Waals surface area contributed by atoms with Gasteiger partial charge in [0.25, 0.3) is 0 Å². The van der Waals surface area contributed by atoms with E-state index in [9.17, 15) is 0 Å². The molecule has 8 aromatic carbocycles. The molecule has 0 radical (unpaired) electrons. The highest BCUT2D eigenvalue weighted by Crippen LogP contribution is 2.43. The Morgan fingerprint density at radius 3 is 1.71 bits per heavy atom. The van der Waals surface area contributed by atoms with Gasteiger partial charge in [0.2, 0.25) is 0 Å². The number of furan rings is 1. The van der Waals surface area contributed by atoms with Gasteiger partial charge in [0.1, 0.15) is 5.58 Å². The SMILES string of the molecule is c1ccc(-c2nc(-c3ccccc3)nc(-c3cc4c5cccc(-n6c7ccccc7c7ccc8ccccc8c76)c5oc4c4ccccc34)n2)cc1. The van der Waals surface area contributed by atoms with Crippen molar-refractivity contribution >= 4 is 65.3 Å². The van der Waals surface area contributed by atoms with Crippen LogP contribution in [0.15, 0.2) is 174 Å². The number of fused-ring (bicyclic) bond motifs is 10. The highest BCUT2D eigenvalue weighted by molar-refractivity contribution is 6.22. The van der Waals surface area contributed by atoms with E-state index < -0.39 is 0 Å². The smallest absolute Gasteiger partial charge is 0.164 e. The lowest BCUT2D eigenvalue weighted by atomic mass is 9.99. The maximum atomic E-state index is 7.03. The van der Waals surface area contributed by atoms with Crippen LogP contribution in [0.5, 0.6) is 0 Å². The molecular formula is C47H28N4O. The van der Waals surface area contributed by atoms with Crippen LogP contribution < -0.4 is 0 Å². The van der Waals surface area contributed by atoms with Crippen molar-refractivity contribution < 1.29 is 4.42 Å². The van der Waals surface area contributed by atoms with E-state index in [1.54, 1.807) is 0 Å². The normalized spacial score (nSPS) is 11.8. The van der Waals surface area contributed by atoms with Crippen LogP contribution in [0.25, 0.3) is 105 Å². The number of nitrogens with zero attached hydrogens (tertiary/aromatic N) is 4. The molecule has 11 aromatic rings. The van der Waals surface area contributed by atoms with Crippen LogP contribution in [0, 0.1) is 0 Å². The molecule has 242 valence electrons. The summed E-state index contributed by atoms with van der Waals surface area (Å²) >= 11 is 0. The first-order valence-corrected chi connectivity index (χ1v) is 17.5. The lowest BCUT2D eigenvalue weighted by Gasteiger charge is -2.11. The van der Waals surface area contributed by atoms with Gasteiger partial charge in [-0.15, -0.1) is 0 Å². The van der Waals surface area contributed by atoms with Crippen LogP contribution in [-0.4, -0.2) is 19.5 Å². The first kappa shape index (κ1) is 28.7. The average molecular weight is 665 g/mol. The Bertz CT molecular complexity index is 3120. The summed E-state index contributed by atoms with van der Waals surface area (Å²) in [5.74, 6) is 1.88. The van der Waals surface area contributed by atoms with Gasteiger partial charge in [0, 0.05) is 49.0 Å². The third kappa shape index (κ3) is 4.26. The first-order chi connectivity index (χ1) is 25.8. The summed E-state index contributed by atoms with van der Waals surface area (Å²) in [7, 11) is 0. The summed E-state index contributed by atoms with van der Waals surface area (Å²) in [5, 5.41) is 8.90. The Morgan fingerprint density at radius 1 is 0.385 bits per heavy atom. The standard InChI is InChI=1S/C47H28N4O/c1-3-15-30(16-4-1)45-48-46(31-17-5-2-6-18-31)50-47(49-45)39-28-38-37-23-13-25-41(44(37)52-43(38)36-22-10-9-20-33(36)39)51-40-24-12-11-21-34(40)35-27-26-29-14-7-8-19-32(29)42(35)51/h1-28H. The molecule has 0 aliphatic carbocycles. The molecule has 0 saturated carbocycles. The van der Waals surface area contributed by atoms with Crippen molar-refractivity contribution in [1.29, 1.82) is 0 Å². The Balaban J connectivity index is 1.22. The van der Waals surface area contributed by atoms with Gasteiger partial charge in [-0.3, -0.25) is 0 Å². The zero-order valence-electron chi connectivity index (χ0n) is 27.9. The van der Waals surface area contributed by atoms with E-state index in [-0.39, 0.29) is 0 Å². The van der Waals surface area contributed by atoms with Gasteiger partial charge >= 0.3 is 0 Å². The molecule has 0 saturated heterocycles. The lowest BCUT2D eigenvalue weighted by molar-refractivity contribution is 0.670. The minimum Gasteiger partial charge on any atom is -0.453 e. The number of hydrogen-bond donors (Lipinski definition) is 0. The van der Waals surface area contributed by atoms with Crippen molar-refractivity contribution in [3.05, 3.63) is 170 Å². The summed E-state index contributed by atoms with van der Waals surface area (Å²) in [4.78, 5) is 15.2. The van der Waals surface area contributed by atoms with Crippen LogP contribution >= 0.6 is 0 Å². The Morgan fingerprint density at radius 2 is 0.962 bits per heavy atom. The topological polar surface area (TPSA) is 56.7 Å². The predicted octanol–water partition coefficient (Wildman–Crippen LogP) is 12.2. The highest BCUT2D eigenvalue weighted by Gasteiger charge is 2.22. The van der Waals surface area contributed by atoms with Crippen molar-refractivity contribution in [1.82, 2.24) is 19.5 Å². The van der Waals surface area contributed by atoms with Crippen LogP contribution in [0.1, 0.15) is 0 Å². The van der Waals surface area contributed by atoms with Crippen molar-refractivity contribution in [2.24, 2.45) is 0 Å². The molecule has 5 nitrogen and oxygen atoms in total. The molecule has 3 heterocycles. The van der Waals surface area contributed by atoms with E-state index in [4.69, 9.17) is 19.4 Å². The molecule has 0 N–H and O–H groups in total. The summed E-state index contributed by atoms with van der Waals surface area (Å²) in [6.45, 7) is 0. The van der Waals surface area contributed by atoms with Crippen molar-refractivity contribution in [2.45, 2.75) is 0 Å². The second-order valence-corrected chi connectivity index (χ2v) is 13.2. The molecule has 0 atom stereocenters. The average Bonchev–Trinajstić information content (AvgIpc) is 3.77. The zero-order valence-corrected chi connectivity index (χ0v) is 27.9. The number of rotatable bonds is 4. The third-order valence-corrected chi connectivity index (χ3v) is 10.2. The van der Waals surface area contributed by atoms with E-state index in [0.717, 1.165) is 60.6 Å². The molecule has 11 rings (SSSR count). The lowest BCUT2D eigenvalue weighted by Crippen LogP contribution is -2.00. The van der Waals surface area contributed by atoms with Crippen LogP contribution in [-0.2, 0) is 0 Å². The van der Waals surface area contributed by atoms with Gasteiger partial charge in [-0.05, 0) is 29.0 Å². The largest absolute Gasteiger partial charge is 0.453 e. The van der Waals surface area contributed by atoms with Gasteiger partial charge in [-0.1, -0.05) is 152 Å². The molecule has 0 amide bonds. The second kappa shape index (κ2) is 11.2. The Labute approximate surface area is 298 Å². The van der Waals surface area contributed by atoms with Crippen LogP contribution in [0.4, 0.5) is 0 Å². The minimum absolute atomic E-state index is 0.616. The van der Waals surface area contributed by atoms with Crippen molar-refractivity contribution in [2.75, 3.05) is 0 Å². The van der Waals surface area contributed by atoms with E-state index in [1.807, 2.05) is 60.7 Å². The maximum Gasteiger partial charge on any atom is 0.164 e. The molecule has 52 heavy (non-hydrogen) atoms. The highest BCUT2D eigenvalue weighted by atomic mass is 16.3. The number of hydrogen-bond acceptors (Lipinski definition) is 4. The first-order valence-electron chi connectivity index (χ1n) is 17.5. The van der Waals surface area contributed by atoms with Gasteiger partial charge in [-0.2, -0.15) is 0 Å². The van der Waals surface area contributed by atoms with Crippen molar-refractivity contribution in [3.8, 4) is 39.9 Å². The fourth-order valence-corrected chi connectivity index (χ4v) is 7.88. The number of benzene rings is 8. The van der Waals surface area contributed by atoms with Crippen LogP contribution in [0.2, 0.25) is 0 Å². The van der Waals surface area contributed by atoms with Gasteiger partial charge < -0.3 is 8.98 Å². The van der Waals surface area contributed by atoms with E-state index in [1.165, 1.54) is 27.1 Å². The summed E-state index contributed by atoms with van der Waals surface area (Å²) < 4.78 is 9.41. The second-order valence-electron chi connectivity index (χ2n) is 13.2. The van der Waals surface area contributed by atoms with Gasteiger partial charge in [0.05, 0.1) is 16.7 Å². The fraction of sp³-hybridized carbons (Fsp3) is 0. The molecule has 5 heteroatoms. The Hall–Kier alpha value is -7.11. The number of para-hydroxylation sites is 2. The minimum atomic E-state index is 0.616. The number of aromatic nitrogens is 4. The van der Waals surface area contributed by atoms with E-state index in [2.05, 4.69) is 114 Å². The van der Waals surface area contributed by atoms with Crippen LogP contribution in [0.3, 0.4) is 0 Å². The maximum absolute atomic E-state index is 7.03. The molecule has 0 spiro atoms. The van der Waals surface area contributed by atoms with E-state index in [0.29, 0.717) is 17.5 Å². The molecule has 0 aliphatic heterocycles. The molecule has 0 fully saturated rings. The third-order valence-electron chi connectivity index (χ3n) is 10.2. The fourth-order valence-electron chi connectivity index (χ4n) is 7.88. The Kier molecular flexibility index (Phi) is 6.18.